The number of piperidine rings is 1. The number of rotatable bonds is 4. The van der Waals surface area contributed by atoms with Crippen LogP contribution in [0.25, 0.3) is 0 Å². The van der Waals surface area contributed by atoms with Gasteiger partial charge in [-0.05, 0) is 44.0 Å². The van der Waals surface area contributed by atoms with Crippen LogP contribution >= 0.6 is 0 Å². The normalized spacial score (nSPS) is 27.4. The predicted octanol–water partition coefficient (Wildman–Crippen LogP) is 1.60. The molecule has 1 aliphatic rings. The zero-order valence-electron chi connectivity index (χ0n) is 12.6. The third kappa shape index (κ3) is 3.58. The summed E-state index contributed by atoms with van der Waals surface area (Å²) >= 11 is 0. The van der Waals surface area contributed by atoms with Crippen molar-refractivity contribution in [2.75, 3.05) is 13.6 Å². The van der Waals surface area contributed by atoms with Crippen LogP contribution in [0.4, 0.5) is 0 Å². The first kappa shape index (κ1) is 15.0. The highest BCUT2D eigenvalue weighted by Crippen LogP contribution is 2.21. The van der Waals surface area contributed by atoms with E-state index in [1.807, 2.05) is 18.2 Å². The van der Waals surface area contributed by atoms with Crippen LogP contribution in [-0.4, -0.2) is 36.5 Å². The van der Waals surface area contributed by atoms with Gasteiger partial charge >= 0.3 is 0 Å². The molecule has 1 aromatic carbocycles. The van der Waals surface area contributed by atoms with Crippen molar-refractivity contribution in [1.29, 1.82) is 0 Å². The van der Waals surface area contributed by atoms with Gasteiger partial charge in [-0.2, -0.15) is 0 Å². The van der Waals surface area contributed by atoms with E-state index in [-0.39, 0.29) is 5.91 Å². The average molecular weight is 275 g/mol. The Morgan fingerprint density at radius 3 is 2.90 bits per heavy atom. The van der Waals surface area contributed by atoms with E-state index in [9.17, 15) is 4.79 Å². The minimum Gasteiger partial charge on any atom is -0.366 e. The summed E-state index contributed by atoms with van der Waals surface area (Å²) in [7, 11) is 2.19. The molecule has 0 aromatic heterocycles. The molecule has 3 unspecified atom stereocenters. The lowest BCUT2D eigenvalue weighted by molar-refractivity contribution is 0.1000. The number of likely N-dealkylation sites (tertiary alicyclic amines) is 1. The van der Waals surface area contributed by atoms with Gasteiger partial charge in [0.2, 0.25) is 5.91 Å². The molecule has 0 bridgehead atoms. The van der Waals surface area contributed by atoms with Crippen LogP contribution in [-0.2, 0) is 6.54 Å². The second-order valence-corrected chi connectivity index (χ2v) is 6.05. The van der Waals surface area contributed by atoms with E-state index in [4.69, 9.17) is 5.73 Å². The second-order valence-electron chi connectivity index (χ2n) is 6.05. The van der Waals surface area contributed by atoms with E-state index >= 15 is 0 Å². The lowest BCUT2D eigenvalue weighted by Gasteiger charge is -2.40. The minimum atomic E-state index is -0.367. The SMILES string of the molecule is CC1CN(C)C(C)CC1NCc1cccc(C(N)=O)c1. The van der Waals surface area contributed by atoms with Gasteiger partial charge in [-0.25, -0.2) is 0 Å². The maximum absolute atomic E-state index is 11.2. The molecule has 2 rings (SSSR count). The van der Waals surface area contributed by atoms with Crippen molar-refractivity contribution in [3.05, 3.63) is 35.4 Å². The largest absolute Gasteiger partial charge is 0.366 e. The van der Waals surface area contributed by atoms with Gasteiger partial charge in [0.1, 0.15) is 0 Å². The Morgan fingerprint density at radius 2 is 2.20 bits per heavy atom. The molecule has 20 heavy (non-hydrogen) atoms. The summed E-state index contributed by atoms with van der Waals surface area (Å²) in [5, 5.41) is 3.63. The Hall–Kier alpha value is -1.39. The van der Waals surface area contributed by atoms with Gasteiger partial charge in [0.25, 0.3) is 0 Å². The van der Waals surface area contributed by atoms with Crippen molar-refractivity contribution in [2.24, 2.45) is 11.7 Å². The van der Waals surface area contributed by atoms with Crippen molar-refractivity contribution in [3.63, 3.8) is 0 Å². The second kappa shape index (κ2) is 6.37. The Kier molecular flexibility index (Phi) is 4.78. The summed E-state index contributed by atoms with van der Waals surface area (Å²) in [5.74, 6) is 0.267. The van der Waals surface area contributed by atoms with E-state index in [2.05, 4.69) is 31.1 Å². The summed E-state index contributed by atoms with van der Waals surface area (Å²) in [4.78, 5) is 13.6. The van der Waals surface area contributed by atoms with Crippen LogP contribution in [0.15, 0.2) is 24.3 Å². The molecule has 0 radical (unpaired) electrons. The zero-order valence-corrected chi connectivity index (χ0v) is 12.6. The number of carbonyl (C=O) groups is 1. The fourth-order valence-electron chi connectivity index (χ4n) is 2.91. The lowest BCUT2D eigenvalue weighted by atomic mass is 9.89. The molecule has 1 heterocycles. The third-order valence-electron chi connectivity index (χ3n) is 4.39. The third-order valence-corrected chi connectivity index (χ3v) is 4.39. The van der Waals surface area contributed by atoms with Crippen molar-refractivity contribution < 1.29 is 4.79 Å². The van der Waals surface area contributed by atoms with Gasteiger partial charge in [-0.3, -0.25) is 4.79 Å². The average Bonchev–Trinajstić information content (AvgIpc) is 2.41. The molecule has 1 saturated heterocycles. The number of nitrogens with one attached hydrogen (secondary N) is 1. The standard InChI is InChI=1S/C16H25N3O/c1-11-10-19(3)12(2)7-15(11)18-9-13-5-4-6-14(8-13)16(17)20/h4-6,8,11-12,15,18H,7,9-10H2,1-3H3,(H2,17,20). The van der Waals surface area contributed by atoms with Crippen LogP contribution < -0.4 is 11.1 Å². The molecule has 0 spiro atoms. The van der Waals surface area contributed by atoms with Gasteiger partial charge in [0.15, 0.2) is 0 Å². The lowest BCUT2D eigenvalue weighted by Crippen LogP contribution is -2.50. The zero-order chi connectivity index (χ0) is 14.7. The van der Waals surface area contributed by atoms with E-state index in [0.717, 1.165) is 25.1 Å². The maximum Gasteiger partial charge on any atom is 0.248 e. The van der Waals surface area contributed by atoms with Crippen LogP contribution in [0, 0.1) is 5.92 Å². The number of benzene rings is 1. The number of primary amides is 1. The van der Waals surface area contributed by atoms with Crippen LogP contribution in [0.3, 0.4) is 0 Å². The fourth-order valence-corrected chi connectivity index (χ4v) is 2.91. The van der Waals surface area contributed by atoms with Crippen LogP contribution in [0.1, 0.15) is 36.2 Å². The maximum atomic E-state index is 11.2. The molecule has 110 valence electrons. The molecule has 1 aromatic rings. The van der Waals surface area contributed by atoms with Crippen molar-refractivity contribution in [3.8, 4) is 0 Å². The summed E-state index contributed by atoms with van der Waals surface area (Å²) < 4.78 is 0. The topological polar surface area (TPSA) is 58.4 Å². The quantitative estimate of drug-likeness (QED) is 0.877. The summed E-state index contributed by atoms with van der Waals surface area (Å²) in [6, 6.07) is 8.68. The Labute approximate surface area is 121 Å². The minimum absolute atomic E-state index is 0.367. The number of hydrogen-bond donors (Lipinski definition) is 2. The molecule has 4 nitrogen and oxygen atoms in total. The van der Waals surface area contributed by atoms with Crippen LogP contribution in [0.5, 0.6) is 0 Å². The molecule has 1 fully saturated rings. The first-order valence-electron chi connectivity index (χ1n) is 7.29. The Morgan fingerprint density at radius 1 is 1.45 bits per heavy atom. The van der Waals surface area contributed by atoms with Crippen molar-refractivity contribution in [1.82, 2.24) is 10.2 Å². The molecular weight excluding hydrogens is 250 g/mol. The molecule has 4 heteroatoms. The molecule has 0 aliphatic carbocycles. The molecule has 1 amide bonds. The molecule has 0 saturated carbocycles. The fraction of sp³-hybridized carbons (Fsp3) is 0.562. The van der Waals surface area contributed by atoms with Gasteiger partial charge in [0.05, 0.1) is 0 Å². The van der Waals surface area contributed by atoms with Gasteiger partial charge in [0, 0.05) is 30.7 Å². The van der Waals surface area contributed by atoms with Crippen molar-refractivity contribution in [2.45, 2.75) is 38.9 Å². The number of carbonyl (C=O) groups excluding carboxylic acids is 1. The van der Waals surface area contributed by atoms with Gasteiger partial charge < -0.3 is 16.0 Å². The summed E-state index contributed by atoms with van der Waals surface area (Å²) in [5.41, 5.74) is 7.00. The predicted molar refractivity (Wildman–Crippen MR) is 81.5 cm³/mol. The van der Waals surface area contributed by atoms with E-state index in [1.165, 1.54) is 0 Å². The molecule has 3 atom stereocenters. The highest BCUT2D eigenvalue weighted by atomic mass is 16.1. The van der Waals surface area contributed by atoms with E-state index < -0.39 is 0 Å². The smallest absolute Gasteiger partial charge is 0.248 e. The molecule has 1 aliphatic heterocycles. The van der Waals surface area contributed by atoms with Gasteiger partial charge in [-0.15, -0.1) is 0 Å². The van der Waals surface area contributed by atoms with Crippen molar-refractivity contribution >= 4 is 5.91 Å². The highest BCUT2D eigenvalue weighted by Gasteiger charge is 2.28. The first-order valence-corrected chi connectivity index (χ1v) is 7.29. The summed E-state index contributed by atoms with van der Waals surface area (Å²) in [6.07, 6.45) is 1.16. The summed E-state index contributed by atoms with van der Waals surface area (Å²) in [6.45, 7) is 6.47. The number of hydrogen-bond acceptors (Lipinski definition) is 3. The van der Waals surface area contributed by atoms with Gasteiger partial charge in [-0.1, -0.05) is 19.1 Å². The number of nitrogens with two attached hydrogens (primary N) is 1. The Balaban J connectivity index is 1.95. The highest BCUT2D eigenvalue weighted by molar-refractivity contribution is 5.92. The van der Waals surface area contributed by atoms with Crippen LogP contribution in [0.2, 0.25) is 0 Å². The Bertz CT molecular complexity index is 475. The monoisotopic (exact) mass is 275 g/mol. The molecule has 3 N–H and O–H groups in total. The van der Waals surface area contributed by atoms with E-state index in [0.29, 0.717) is 23.6 Å². The molecular formula is C16H25N3O. The number of nitrogens with zero attached hydrogens (tertiary/aromatic N) is 1. The first-order chi connectivity index (χ1) is 9.47. The van der Waals surface area contributed by atoms with E-state index in [1.54, 1.807) is 6.07 Å². The number of amides is 1.